The van der Waals surface area contributed by atoms with E-state index in [2.05, 4.69) is 0 Å². The summed E-state index contributed by atoms with van der Waals surface area (Å²) in [5.41, 5.74) is 1.33. The van der Waals surface area contributed by atoms with Crippen molar-refractivity contribution in [3.05, 3.63) is 59.7 Å². The fourth-order valence-electron chi connectivity index (χ4n) is 3.94. The van der Waals surface area contributed by atoms with E-state index in [1.54, 1.807) is 11.9 Å². The molecule has 0 aromatic heterocycles. The number of sulfonamides is 1. The molecule has 0 radical (unpaired) electrons. The molecule has 1 spiro atoms. The van der Waals surface area contributed by atoms with E-state index in [0.717, 1.165) is 11.3 Å². The predicted octanol–water partition coefficient (Wildman–Crippen LogP) is 1.87. The van der Waals surface area contributed by atoms with Crippen molar-refractivity contribution in [3.8, 4) is 6.07 Å². The van der Waals surface area contributed by atoms with Crippen LogP contribution in [0.25, 0.3) is 0 Å². The Morgan fingerprint density at radius 2 is 1.81 bits per heavy atom. The standard InChI is InChI=1S/C19H17N3O3S/c1-21-17-5-3-2-4-16(17)19(18(21)23)10-11-22(13-19)26(24,25)15-8-6-14(12-20)7-9-15/h2-9H,10-11,13H2,1H3. The summed E-state index contributed by atoms with van der Waals surface area (Å²) in [6, 6.07) is 15.4. The van der Waals surface area contributed by atoms with E-state index in [9.17, 15) is 13.2 Å². The molecule has 1 amide bonds. The first-order valence-corrected chi connectivity index (χ1v) is 9.72. The Hall–Kier alpha value is -2.69. The average Bonchev–Trinajstić information content (AvgIpc) is 3.21. The summed E-state index contributed by atoms with van der Waals surface area (Å²) in [4.78, 5) is 14.7. The first-order valence-electron chi connectivity index (χ1n) is 8.28. The monoisotopic (exact) mass is 367 g/mol. The zero-order chi connectivity index (χ0) is 18.5. The fourth-order valence-corrected chi connectivity index (χ4v) is 5.44. The van der Waals surface area contributed by atoms with Crippen molar-refractivity contribution in [2.45, 2.75) is 16.7 Å². The Morgan fingerprint density at radius 1 is 1.12 bits per heavy atom. The van der Waals surface area contributed by atoms with E-state index in [0.29, 0.717) is 12.0 Å². The van der Waals surface area contributed by atoms with Crippen LogP contribution in [0.3, 0.4) is 0 Å². The van der Waals surface area contributed by atoms with Gasteiger partial charge in [0.15, 0.2) is 0 Å². The van der Waals surface area contributed by atoms with Crippen molar-refractivity contribution in [1.29, 1.82) is 5.26 Å². The summed E-state index contributed by atoms with van der Waals surface area (Å²) in [6.07, 6.45) is 0.461. The highest BCUT2D eigenvalue weighted by Crippen LogP contribution is 2.47. The topological polar surface area (TPSA) is 81.5 Å². The third-order valence-electron chi connectivity index (χ3n) is 5.35. The number of anilines is 1. The van der Waals surface area contributed by atoms with Crippen LogP contribution in [-0.2, 0) is 20.2 Å². The Bertz CT molecular complexity index is 1040. The number of amides is 1. The Balaban J connectivity index is 1.70. The van der Waals surface area contributed by atoms with Crippen molar-refractivity contribution in [2.24, 2.45) is 0 Å². The molecule has 0 bridgehead atoms. The molecule has 2 aromatic rings. The van der Waals surface area contributed by atoms with Crippen LogP contribution in [-0.4, -0.2) is 38.8 Å². The Morgan fingerprint density at radius 3 is 2.50 bits per heavy atom. The van der Waals surface area contributed by atoms with E-state index in [-0.39, 0.29) is 23.9 Å². The number of likely N-dealkylation sites (N-methyl/N-ethyl adjacent to an activating group) is 1. The molecule has 7 heteroatoms. The van der Waals surface area contributed by atoms with Gasteiger partial charge >= 0.3 is 0 Å². The lowest BCUT2D eigenvalue weighted by Gasteiger charge is -2.23. The molecule has 0 N–H and O–H groups in total. The largest absolute Gasteiger partial charge is 0.314 e. The molecular formula is C19H17N3O3S. The van der Waals surface area contributed by atoms with Crippen LogP contribution in [0.1, 0.15) is 17.5 Å². The van der Waals surface area contributed by atoms with E-state index >= 15 is 0 Å². The van der Waals surface area contributed by atoms with Gasteiger partial charge in [0.1, 0.15) is 0 Å². The van der Waals surface area contributed by atoms with Gasteiger partial charge in [-0.3, -0.25) is 4.79 Å². The van der Waals surface area contributed by atoms with Crippen molar-refractivity contribution >= 4 is 21.6 Å². The Labute approximate surface area is 152 Å². The number of para-hydroxylation sites is 1. The van der Waals surface area contributed by atoms with Crippen LogP contribution in [0.4, 0.5) is 5.69 Å². The van der Waals surface area contributed by atoms with Gasteiger partial charge in [0.2, 0.25) is 15.9 Å². The minimum atomic E-state index is -3.72. The van der Waals surface area contributed by atoms with E-state index < -0.39 is 15.4 Å². The molecule has 0 saturated carbocycles. The predicted molar refractivity (Wildman–Crippen MR) is 96.1 cm³/mol. The molecule has 6 nitrogen and oxygen atoms in total. The van der Waals surface area contributed by atoms with Gasteiger partial charge in [0.05, 0.1) is 21.9 Å². The number of hydrogen-bond acceptors (Lipinski definition) is 4. The molecule has 1 fully saturated rings. The second-order valence-corrected chi connectivity index (χ2v) is 8.63. The number of hydrogen-bond donors (Lipinski definition) is 0. The van der Waals surface area contributed by atoms with Crippen molar-refractivity contribution in [2.75, 3.05) is 25.0 Å². The number of nitriles is 1. The highest BCUT2D eigenvalue weighted by Gasteiger charge is 2.55. The van der Waals surface area contributed by atoms with E-state index in [1.807, 2.05) is 30.3 Å². The van der Waals surface area contributed by atoms with Crippen LogP contribution < -0.4 is 4.90 Å². The molecule has 0 aliphatic carbocycles. The summed E-state index contributed by atoms with van der Waals surface area (Å²) in [7, 11) is -1.99. The molecule has 2 aliphatic rings. The SMILES string of the molecule is CN1C(=O)C2(CCN(S(=O)(=O)c3ccc(C#N)cc3)C2)c2ccccc21. The number of carbonyl (C=O) groups is 1. The van der Waals surface area contributed by atoms with Crippen LogP contribution in [0.2, 0.25) is 0 Å². The first-order chi connectivity index (χ1) is 12.4. The maximum Gasteiger partial charge on any atom is 0.243 e. The third kappa shape index (κ3) is 2.19. The maximum atomic E-state index is 13.0. The van der Waals surface area contributed by atoms with Gasteiger partial charge < -0.3 is 4.90 Å². The van der Waals surface area contributed by atoms with Gasteiger partial charge in [0.25, 0.3) is 0 Å². The van der Waals surface area contributed by atoms with E-state index in [4.69, 9.17) is 5.26 Å². The normalized spacial score (nSPS) is 22.6. The van der Waals surface area contributed by atoms with Gasteiger partial charge in [0, 0.05) is 25.8 Å². The lowest BCUT2D eigenvalue weighted by atomic mass is 9.81. The molecule has 4 rings (SSSR count). The molecule has 1 unspecified atom stereocenters. The summed E-state index contributed by atoms with van der Waals surface area (Å²) in [5.74, 6) is -0.0590. The van der Waals surface area contributed by atoms with Gasteiger partial charge in [-0.25, -0.2) is 8.42 Å². The number of nitrogens with zero attached hydrogens (tertiary/aromatic N) is 3. The average molecular weight is 367 g/mol. The van der Waals surface area contributed by atoms with Crippen molar-refractivity contribution < 1.29 is 13.2 Å². The van der Waals surface area contributed by atoms with Gasteiger partial charge in [-0.2, -0.15) is 9.57 Å². The Kier molecular flexibility index (Phi) is 3.65. The summed E-state index contributed by atoms with van der Waals surface area (Å²) in [5, 5.41) is 8.88. The molecule has 1 saturated heterocycles. The lowest BCUT2D eigenvalue weighted by Crippen LogP contribution is -2.42. The number of benzene rings is 2. The molecule has 2 aliphatic heterocycles. The van der Waals surface area contributed by atoms with Crippen molar-refractivity contribution in [3.63, 3.8) is 0 Å². The van der Waals surface area contributed by atoms with Crippen LogP contribution >= 0.6 is 0 Å². The summed E-state index contributed by atoms with van der Waals surface area (Å²) < 4.78 is 27.4. The number of fused-ring (bicyclic) bond motifs is 2. The summed E-state index contributed by atoms with van der Waals surface area (Å²) in [6.45, 7) is 0.422. The second-order valence-electron chi connectivity index (χ2n) is 6.69. The third-order valence-corrected chi connectivity index (χ3v) is 7.21. The first kappa shape index (κ1) is 16.8. The van der Waals surface area contributed by atoms with Crippen molar-refractivity contribution in [1.82, 2.24) is 4.31 Å². The zero-order valence-corrected chi connectivity index (χ0v) is 15.0. The minimum Gasteiger partial charge on any atom is -0.314 e. The van der Waals surface area contributed by atoms with Gasteiger partial charge in [-0.15, -0.1) is 0 Å². The molecule has 1 atom stereocenters. The quantitative estimate of drug-likeness (QED) is 0.811. The van der Waals surface area contributed by atoms with Crippen LogP contribution in [0.5, 0.6) is 0 Å². The molecular weight excluding hydrogens is 350 g/mol. The molecule has 2 heterocycles. The zero-order valence-electron chi connectivity index (χ0n) is 14.2. The van der Waals surface area contributed by atoms with Crippen LogP contribution in [0.15, 0.2) is 53.4 Å². The molecule has 26 heavy (non-hydrogen) atoms. The van der Waals surface area contributed by atoms with E-state index in [1.165, 1.54) is 28.6 Å². The highest BCUT2D eigenvalue weighted by atomic mass is 32.2. The maximum absolute atomic E-state index is 13.0. The number of rotatable bonds is 2. The summed E-state index contributed by atoms with van der Waals surface area (Å²) >= 11 is 0. The molecule has 132 valence electrons. The van der Waals surface area contributed by atoms with Crippen LogP contribution in [0, 0.1) is 11.3 Å². The smallest absolute Gasteiger partial charge is 0.243 e. The molecule has 2 aromatic carbocycles. The van der Waals surface area contributed by atoms with Gasteiger partial charge in [-0.05, 0) is 42.3 Å². The fraction of sp³-hybridized carbons (Fsp3) is 0.263. The highest BCUT2D eigenvalue weighted by molar-refractivity contribution is 7.89. The van der Waals surface area contributed by atoms with Gasteiger partial charge in [-0.1, -0.05) is 18.2 Å². The second kappa shape index (κ2) is 5.66. The number of carbonyl (C=O) groups excluding carboxylic acids is 1. The minimum absolute atomic E-state index is 0.0590. The lowest BCUT2D eigenvalue weighted by molar-refractivity contribution is -0.122.